The molecule has 0 aromatic carbocycles. The van der Waals surface area contributed by atoms with Gasteiger partial charge in [0.05, 0.1) is 9.75 Å². The van der Waals surface area contributed by atoms with Gasteiger partial charge >= 0.3 is 0 Å². The van der Waals surface area contributed by atoms with E-state index in [1.165, 1.54) is 23.3 Å². The van der Waals surface area contributed by atoms with Crippen LogP contribution in [0, 0.1) is 45.3 Å². The van der Waals surface area contributed by atoms with Crippen LogP contribution in [0.2, 0.25) is 0 Å². The van der Waals surface area contributed by atoms with Gasteiger partial charge in [-0.3, -0.25) is 0 Å². The second kappa shape index (κ2) is 13.8. The number of nitriles is 4. The standard InChI is InChI=1S/C29H24N4O2S/c1-5-24-25(6-2)29(27-15-14-23(35-27)13-9-12-22(18-32)19-33)36-28(24)26(7-3)34-20(4)10-8-11-21(16-30)17-31/h7-15H,4-6H2,1-3H3/b10-8+,13-9+,26-7-. The quantitative estimate of drug-likeness (QED) is 0.192. The zero-order chi connectivity index (χ0) is 26.5. The van der Waals surface area contributed by atoms with Gasteiger partial charge < -0.3 is 9.15 Å². The van der Waals surface area contributed by atoms with E-state index in [9.17, 15) is 0 Å². The summed E-state index contributed by atoms with van der Waals surface area (Å²) >= 11 is 1.58. The van der Waals surface area contributed by atoms with Crippen molar-refractivity contribution < 1.29 is 9.15 Å². The van der Waals surface area contributed by atoms with Gasteiger partial charge in [0.15, 0.2) is 0 Å². The molecule has 0 N–H and O–H groups in total. The predicted molar refractivity (Wildman–Crippen MR) is 141 cm³/mol. The number of hydrogen-bond acceptors (Lipinski definition) is 7. The van der Waals surface area contributed by atoms with Gasteiger partial charge in [-0.25, -0.2) is 0 Å². The fourth-order valence-electron chi connectivity index (χ4n) is 3.31. The van der Waals surface area contributed by atoms with Crippen molar-refractivity contribution in [1.82, 2.24) is 0 Å². The van der Waals surface area contributed by atoms with Gasteiger partial charge in [-0.1, -0.05) is 32.6 Å². The lowest BCUT2D eigenvalue weighted by molar-refractivity contribution is 0.403. The number of hydrogen-bond donors (Lipinski definition) is 0. The van der Waals surface area contributed by atoms with E-state index in [2.05, 4.69) is 20.4 Å². The van der Waals surface area contributed by atoms with Crippen LogP contribution in [-0.2, 0) is 17.6 Å². The Morgan fingerprint density at radius 2 is 1.58 bits per heavy atom. The molecule has 2 heterocycles. The summed E-state index contributed by atoms with van der Waals surface area (Å²) in [5, 5.41) is 35.4. The van der Waals surface area contributed by atoms with Gasteiger partial charge in [-0.2, -0.15) is 21.0 Å². The first kappa shape index (κ1) is 27.4. The second-order valence-electron chi connectivity index (χ2n) is 7.17. The minimum atomic E-state index is -0.00619. The average molecular weight is 493 g/mol. The fraction of sp³-hybridized carbons (Fsp3) is 0.172. The number of allylic oxidation sites excluding steroid dienone is 8. The van der Waals surface area contributed by atoms with E-state index in [1.54, 1.807) is 47.8 Å². The van der Waals surface area contributed by atoms with Gasteiger partial charge in [-0.05, 0) is 73.4 Å². The molecule has 0 aliphatic rings. The Morgan fingerprint density at radius 1 is 0.972 bits per heavy atom. The first-order valence-corrected chi connectivity index (χ1v) is 11.9. The summed E-state index contributed by atoms with van der Waals surface area (Å²) in [5.41, 5.74) is 2.36. The van der Waals surface area contributed by atoms with Gasteiger partial charge in [0.1, 0.15) is 58.5 Å². The van der Waals surface area contributed by atoms with Crippen LogP contribution in [0.5, 0.6) is 0 Å². The number of furan rings is 1. The van der Waals surface area contributed by atoms with Crippen molar-refractivity contribution in [1.29, 1.82) is 21.0 Å². The highest BCUT2D eigenvalue weighted by Gasteiger charge is 2.22. The van der Waals surface area contributed by atoms with Gasteiger partial charge in [0, 0.05) is 0 Å². The molecule has 0 bridgehead atoms. The lowest BCUT2D eigenvalue weighted by Crippen LogP contribution is -1.94. The molecular formula is C29H24N4O2S. The third-order valence-electron chi connectivity index (χ3n) is 4.95. The normalized spacial score (nSPS) is 10.8. The molecule has 0 unspecified atom stereocenters. The maximum absolute atomic E-state index is 8.84. The number of rotatable bonds is 10. The highest BCUT2D eigenvalue weighted by molar-refractivity contribution is 7.16. The Labute approximate surface area is 215 Å². The van der Waals surface area contributed by atoms with E-state index in [-0.39, 0.29) is 11.1 Å². The molecule has 0 aliphatic heterocycles. The fourth-order valence-corrected chi connectivity index (χ4v) is 4.77. The summed E-state index contributed by atoms with van der Waals surface area (Å²) in [5.74, 6) is 2.36. The van der Waals surface area contributed by atoms with Crippen LogP contribution in [0.4, 0.5) is 0 Å². The molecule has 6 nitrogen and oxygen atoms in total. The summed E-state index contributed by atoms with van der Waals surface area (Å²) in [7, 11) is 0. The number of nitrogens with zero attached hydrogens (tertiary/aromatic N) is 4. The van der Waals surface area contributed by atoms with E-state index in [4.69, 9.17) is 30.2 Å². The zero-order valence-corrected chi connectivity index (χ0v) is 21.1. The van der Waals surface area contributed by atoms with Crippen LogP contribution in [-0.4, -0.2) is 0 Å². The van der Waals surface area contributed by atoms with Crippen LogP contribution in [0.1, 0.15) is 42.5 Å². The topological polar surface area (TPSA) is 118 Å². The van der Waals surface area contributed by atoms with Crippen LogP contribution >= 0.6 is 11.3 Å². The maximum atomic E-state index is 8.84. The Morgan fingerprint density at radius 3 is 2.14 bits per heavy atom. The Bertz CT molecular complexity index is 1420. The molecule has 0 atom stereocenters. The number of ether oxygens (including phenoxy) is 1. The highest BCUT2D eigenvalue weighted by Crippen LogP contribution is 2.42. The lowest BCUT2D eigenvalue weighted by Gasteiger charge is -2.10. The molecule has 36 heavy (non-hydrogen) atoms. The highest BCUT2D eigenvalue weighted by atomic mass is 32.1. The molecule has 2 aromatic heterocycles. The first-order chi connectivity index (χ1) is 17.5. The minimum Gasteiger partial charge on any atom is -0.457 e. The molecule has 0 saturated carbocycles. The van der Waals surface area contributed by atoms with Crippen molar-refractivity contribution >= 4 is 23.2 Å². The predicted octanol–water partition coefficient (Wildman–Crippen LogP) is 7.54. The van der Waals surface area contributed by atoms with Crippen molar-refractivity contribution in [2.75, 3.05) is 0 Å². The zero-order valence-electron chi connectivity index (χ0n) is 20.3. The molecular weight excluding hydrogens is 468 g/mol. The number of thiophene rings is 1. The minimum absolute atomic E-state index is 0.00619. The Hall–Kier alpha value is -4.82. The van der Waals surface area contributed by atoms with E-state index >= 15 is 0 Å². The Kier molecular flexibility index (Phi) is 10.5. The van der Waals surface area contributed by atoms with Crippen molar-refractivity contribution in [3.63, 3.8) is 0 Å². The molecule has 7 heteroatoms. The van der Waals surface area contributed by atoms with Crippen molar-refractivity contribution in [2.24, 2.45) is 0 Å². The summed E-state index contributed by atoms with van der Waals surface area (Å²) in [6, 6.07) is 11.0. The van der Waals surface area contributed by atoms with Crippen LogP contribution in [0.25, 0.3) is 22.5 Å². The van der Waals surface area contributed by atoms with Crippen molar-refractivity contribution in [3.05, 3.63) is 93.8 Å². The van der Waals surface area contributed by atoms with E-state index in [0.717, 1.165) is 28.4 Å². The summed E-state index contributed by atoms with van der Waals surface area (Å²) in [4.78, 5) is 1.99. The van der Waals surface area contributed by atoms with E-state index in [1.807, 2.05) is 37.3 Å². The summed E-state index contributed by atoms with van der Waals surface area (Å²) in [6.07, 6.45) is 12.8. The van der Waals surface area contributed by atoms with Crippen molar-refractivity contribution in [3.8, 4) is 34.9 Å². The average Bonchev–Trinajstić information content (AvgIpc) is 3.51. The van der Waals surface area contributed by atoms with Crippen LogP contribution in [0.15, 0.2) is 76.5 Å². The van der Waals surface area contributed by atoms with Gasteiger partial charge in [-0.15, -0.1) is 11.3 Å². The second-order valence-corrected chi connectivity index (χ2v) is 8.19. The SMILES string of the molecule is C=C(/C=C/C=C(C#N)C#N)O/C(=C\C)c1sc(-c2ccc(/C=C/C=C(C#N)C#N)o2)c(CC)c1CC. The molecule has 0 amide bonds. The van der Waals surface area contributed by atoms with E-state index < -0.39 is 0 Å². The molecule has 0 saturated heterocycles. The first-order valence-electron chi connectivity index (χ1n) is 11.1. The lowest BCUT2D eigenvalue weighted by atomic mass is 10.0. The molecule has 2 aromatic rings. The largest absolute Gasteiger partial charge is 0.457 e. The molecule has 2 rings (SSSR count). The van der Waals surface area contributed by atoms with E-state index in [0.29, 0.717) is 17.3 Å². The maximum Gasteiger partial charge on any atom is 0.145 e. The third kappa shape index (κ3) is 6.85. The monoisotopic (exact) mass is 492 g/mol. The summed E-state index contributed by atoms with van der Waals surface area (Å²) in [6.45, 7) is 10.0. The molecule has 0 spiro atoms. The van der Waals surface area contributed by atoms with Crippen LogP contribution in [0.3, 0.4) is 0 Å². The summed E-state index contributed by atoms with van der Waals surface area (Å²) < 4.78 is 12.1. The van der Waals surface area contributed by atoms with Gasteiger partial charge in [0.25, 0.3) is 0 Å². The van der Waals surface area contributed by atoms with Crippen LogP contribution < -0.4 is 0 Å². The molecule has 0 aliphatic carbocycles. The molecule has 178 valence electrons. The molecule has 0 radical (unpaired) electrons. The van der Waals surface area contributed by atoms with Gasteiger partial charge in [0.2, 0.25) is 0 Å². The third-order valence-corrected chi connectivity index (χ3v) is 6.25. The molecule has 0 fully saturated rings. The Balaban J connectivity index is 2.38. The smallest absolute Gasteiger partial charge is 0.145 e. The van der Waals surface area contributed by atoms with Crippen molar-refractivity contribution in [2.45, 2.75) is 33.6 Å².